The van der Waals surface area contributed by atoms with Gasteiger partial charge < -0.3 is 0 Å². The molecule has 0 bridgehead atoms. The van der Waals surface area contributed by atoms with E-state index in [0.717, 1.165) is 11.8 Å². The van der Waals surface area contributed by atoms with Gasteiger partial charge in [0.2, 0.25) is 0 Å². The largest absolute Gasteiger partial charge is 0.245 e. The van der Waals surface area contributed by atoms with Crippen molar-refractivity contribution in [1.29, 1.82) is 0 Å². The molecule has 0 aromatic heterocycles. The van der Waals surface area contributed by atoms with E-state index < -0.39 is 5.67 Å². The van der Waals surface area contributed by atoms with Crippen molar-refractivity contribution < 1.29 is 4.39 Å². The van der Waals surface area contributed by atoms with E-state index in [2.05, 4.69) is 15.9 Å². The van der Waals surface area contributed by atoms with E-state index in [1.54, 1.807) is 13.8 Å². The lowest BCUT2D eigenvalue weighted by molar-refractivity contribution is 0.201. The Hall–Kier alpha value is 0.410. The summed E-state index contributed by atoms with van der Waals surface area (Å²) in [7, 11) is 0. The summed E-state index contributed by atoms with van der Waals surface area (Å²) in [5.41, 5.74) is -0.978. The number of hydrogen-bond acceptors (Lipinski definition) is 0. The molecule has 0 nitrogen and oxygen atoms in total. The first-order chi connectivity index (χ1) is 3.56. The Kier molecular flexibility index (Phi) is 3.61. The van der Waals surface area contributed by atoms with E-state index in [-0.39, 0.29) is 0 Å². The van der Waals surface area contributed by atoms with Crippen LogP contribution >= 0.6 is 15.9 Å². The van der Waals surface area contributed by atoms with E-state index >= 15 is 0 Å². The molecule has 0 radical (unpaired) electrons. The molecule has 2 heteroatoms. The lowest BCUT2D eigenvalue weighted by Crippen LogP contribution is -2.10. The molecule has 8 heavy (non-hydrogen) atoms. The van der Waals surface area contributed by atoms with E-state index in [9.17, 15) is 4.39 Å². The van der Waals surface area contributed by atoms with Crippen LogP contribution in [-0.4, -0.2) is 11.0 Å². The monoisotopic (exact) mass is 182 g/mol. The zero-order valence-electron chi connectivity index (χ0n) is 5.38. The SMILES string of the molecule is CC(C)(F)CCCBr. The lowest BCUT2D eigenvalue weighted by atomic mass is 10.1. The van der Waals surface area contributed by atoms with Crippen molar-refractivity contribution in [3.8, 4) is 0 Å². The first kappa shape index (κ1) is 8.41. The third-order valence-electron chi connectivity index (χ3n) is 0.905. The van der Waals surface area contributed by atoms with Gasteiger partial charge in [-0.2, -0.15) is 0 Å². The number of alkyl halides is 2. The smallest absolute Gasteiger partial charge is 0.105 e. The normalized spacial score (nSPS) is 12.0. The molecular weight excluding hydrogens is 171 g/mol. The third-order valence-corrected chi connectivity index (χ3v) is 1.47. The predicted octanol–water partition coefficient (Wildman–Crippen LogP) is 2.91. The Balaban J connectivity index is 3.11. The van der Waals surface area contributed by atoms with Crippen molar-refractivity contribution in [2.24, 2.45) is 0 Å². The van der Waals surface area contributed by atoms with Crippen LogP contribution in [-0.2, 0) is 0 Å². The molecule has 0 fully saturated rings. The molecule has 0 aromatic rings. The summed E-state index contributed by atoms with van der Waals surface area (Å²) in [6, 6.07) is 0. The van der Waals surface area contributed by atoms with Gasteiger partial charge in [-0.15, -0.1) is 0 Å². The third kappa shape index (κ3) is 6.41. The quantitative estimate of drug-likeness (QED) is 0.590. The van der Waals surface area contributed by atoms with Gasteiger partial charge in [0.15, 0.2) is 0 Å². The highest BCUT2D eigenvalue weighted by molar-refractivity contribution is 9.09. The Morgan fingerprint density at radius 1 is 1.50 bits per heavy atom. The zero-order chi connectivity index (χ0) is 6.62. The average Bonchev–Trinajstić information content (AvgIpc) is 1.59. The van der Waals surface area contributed by atoms with Gasteiger partial charge in [0.25, 0.3) is 0 Å². The summed E-state index contributed by atoms with van der Waals surface area (Å²) in [4.78, 5) is 0. The van der Waals surface area contributed by atoms with Gasteiger partial charge in [-0.1, -0.05) is 15.9 Å². The zero-order valence-corrected chi connectivity index (χ0v) is 6.96. The summed E-state index contributed by atoms with van der Waals surface area (Å²) < 4.78 is 12.6. The van der Waals surface area contributed by atoms with E-state index in [1.807, 2.05) is 0 Å². The fraction of sp³-hybridized carbons (Fsp3) is 1.00. The molecular formula is C6H12BrF. The van der Waals surface area contributed by atoms with Gasteiger partial charge in [-0.25, -0.2) is 4.39 Å². The second-order valence-corrected chi connectivity index (χ2v) is 3.30. The first-order valence-electron chi connectivity index (χ1n) is 2.81. The van der Waals surface area contributed by atoms with Gasteiger partial charge in [-0.3, -0.25) is 0 Å². The van der Waals surface area contributed by atoms with Crippen molar-refractivity contribution in [2.75, 3.05) is 5.33 Å². The molecule has 0 unspecified atom stereocenters. The Morgan fingerprint density at radius 3 is 2.12 bits per heavy atom. The molecule has 0 heterocycles. The van der Waals surface area contributed by atoms with Gasteiger partial charge in [0, 0.05) is 5.33 Å². The second kappa shape index (κ2) is 3.44. The van der Waals surface area contributed by atoms with Gasteiger partial charge in [-0.05, 0) is 26.7 Å². The van der Waals surface area contributed by atoms with Crippen molar-refractivity contribution in [1.82, 2.24) is 0 Å². The van der Waals surface area contributed by atoms with Crippen molar-refractivity contribution in [3.63, 3.8) is 0 Å². The van der Waals surface area contributed by atoms with Crippen LogP contribution in [0.2, 0.25) is 0 Å². The highest BCUT2D eigenvalue weighted by Gasteiger charge is 2.13. The number of hydrogen-bond donors (Lipinski definition) is 0. The van der Waals surface area contributed by atoms with Crippen LogP contribution in [0.15, 0.2) is 0 Å². The predicted molar refractivity (Wildman–Crippen MR) is 38.2 cm³/mol. The van der Waals surface area contributed by atoms with Crippen molar-refractivity contribution in [3.05, 3.63) is 0 Å². The molecule has 0 rings (SSSR count). The highest BCUT2D eigenvalue weighted by Crippen LogP contribution is 2.15. The second-order valence-electron chi connectivity index (χ2n) is 2.51. The molecule has 50 valence electrons. The van der Waals surface area contributed by atoms with Crippen molar-refractivity contribution in [2.45, 2.75) is 32.4 Å². The maximum absolute atomic E-state index is 12.6. The topological polar surface area (TPSA) is 0 Å². The summed E-state index contributed by atoms with van der Waals surface area (Å²) in [6.45, 7) is 3.21. The minimum atomic E-state index is -0.978. The van der Waals surface area contributed by atoms with Crippen LogP contribution in [0.3, 0.4) is 0 Å². The summed E-state index contributed by atoms with van der Waals surface area (Å²) >= 11 is 3.24. The van der Waals surface area contributed by atoms with E-state index in [4.69, 9.17) is 0 Å². The van der Waals surface area contributed by atoms with E-state index in [0.29, 0.717) is 6.42 Å². The lowest BCUT2D eigenvalue weighted by Gasteiger charge is -2.11. The van der Waals surface area contributed by atoms with Crippen LogP contribution in [0.5, 0.6) is 0 Å². The molecule has 0 N–H and O–H groups in total. The fourth-order valence-corrected chi connectivity index (χ4v) is 0.768. The van der Waals surface area contributed by atoms with Crippen LogP contribution < -0.4 is 0 Å². The molecule has 0 aliphatic heterocycles. The molecule has 0 saturated heterocycles. The minimum absolute atomic E-state index is 0.651. The molecule has 0 aliphatic rings. The first-order valence-corrected chi connectivity index (χ1v) is 3.93. The Morgan fingerprint density at radius 2 is 2.00 bits per heavy atom. The van der Waals surface area contributed by atoms with Crippen LogP contribution in [0, 0.1) is 0 Å². The maximum atomic E-state index is 12.6. The van der Waals surface area contributed by atoms with Crippen molar-refractivity contribution >= 4 is 15.9 Å². The molecule has 0 amide bonds. The standard InChI is InChI=1S/C6H12BrF/c1-6(2,8)4-3-5-7/h3-5H2,1-2H3. The number of rotatable bonds is 3. The highest BCUT2D eigenvalue weighted by atomic mass is 79.9. The van der Waals surface area contributed by atoms with E-state index in [1.165, 1.54) is 0 Å². The molecule has 0 saturated carbocycles. The number of halogens is 2. The molecule has 0 aliphatic carbocycles. The summed E-state index contributed by atoms with van der Waals surface area (Å²) in [5, 5.41) is 0.903. The van der Waals surface area contributed by atoms with Crippen LogP contribution in [0.1, 0.15) is 26.7 Å². The fourth-order valence-electron chi connectivity index (χ4n) is 0.487. The Bertz CT molecular complexity index is 56.0. The van der Waals surface area contributed by atoms with Crippen LogP contribution in [0.4, 0.5) is 4.39 Å². The molecule has 0 atom stereocenters. The Labute approximate surface area is 58.6 Å². The summed E-state index contributed by atoms with van der Waals surface area (Å²) in [5.74, 6) is 0. The maximum Gasteiger partial charge on any atom is 0.105 e. The van der Waals surface area contributed by atoms with Crippen LogP contribution in [0.25, 0.3) is 0 Å². The summed E-state index contributed by atoms with van der Waals surface area (Å²) in [6.07, 6.45) is 1.57. The molecule has 0 spiro atoms. The molecule has 0 aromatic carbocycles. The van der Waals surface area contributed by atoms with Gasteiger partial charge >= 0.3 is 0 Å². The minimum Gasteiger partial charge on any atom is -0.245 e. The van der Waals surface area contributed by atoms with Gasteiger partial charge in [0.1, 0.15) is 5.67 Å². The van der Waals surface area contributed by atoms with Gasteiger partial charge in [0.05, 0.1) is 0 Å². The average molecular weight is 183 g/mol.